The van der Waals surface area contributed by atoms with E-state index in [-0.39, 0.29) is 20.9 Å². The molecular formula is C20H18OTe. The molecule has 22 heavy (non-hydrogen) atoms. The van der Waals surface area contributed by atoms with Gasteiger partial charge in [-0.25, -0.2) is 0 Å². The zero-order chi connectivity index (χ0) is 15.2. The van der Waals surface area contributed by atoms with Crippen LogP contribution in [-0.2, 0) is 4.74 Å². The van der Waals surface area contributed by atoms with Crippen LogP contribution in [0.3, 0.4) is 0 Å². The van der Waals surface area contributed by atoms with Gasteiger partial charge in [0.25, 0.3) is 0 Å². The Kier molecular flexibility index (Phi) is 5.29. The second-order valence-corrected chi connectivity index (χ2v) is 8.10. The zero-order valence-corrected chi connectivity index (χ0v) is 14.9. The number of hydrogen-bond acceptors (Lipinski definition) is 1. The monoisotopic (exact) mass is 404 g/mol. The molecule has 0 atom stereocenters. The van der Waals surface area contributed by atoms with Crippen LogP contribution >= 0.6 is 0 Å². The molecule has 0 saturated heterocycles. The molecular weight excluding hydrogens is 384 g/mol. The summed E-state index contributed by atoms with van der Waals surface area (Å²) in [7, 11) is 1.73. The summed E-state index contributed by atoms with van der Waals surface area (Å²) in [6.45, 7) is 0.646. The van der Waals surface area contributed by atoms with Crippen LogP contribution < -0.4 is 0 Å². The average Bonchev–Trinajstić information content (AvgIpc) is 2.61. The number of allylic oxidation sites excluding steroid dienone is 3. The first kappa shape index (κ1) is 15.3. The minimum absolute atomic E-state index is 0.383. The summed E-state index contributed by atoms with van der Waals surface area (Å²) in [6, 6.07) is 21.4. The maximum absolute atomic E-state index is 5.20. The van der Waals surface area contributed by atoms with Crippen molar-refractivity contribution in [3.8, 4) is 0 Å². The van der Waals surface area contributed by atoms with E-state index >= 15 is 0 Å². The summed E-state index contributed by atoms with van der Waals surface area (Å²) in [6.07, 6.45) is 6.80. The minimum atomic E-state index is -0.383. The molecule has 0 aromatic heterocycles. The SMILES string of the molecule is COCC=C1C=C(c2ccccc2)[Te]C(c2ccccc2)=C1. The van der Waals surface area contributed by atoms with Gasteiger partial charge in [0.15, 0.2) is 0 Å². The van der Waals surface area contributed by atoms with Crippen LogP contribution in [0.15, 0.2) is 84.5 Å². The molecule has 1 aliphatic heterocycles. The van der Waals surface area contributed by atoms with E-state index < -0.39 is 0 Å². The molecule has 0 amide bonds. The van der Waals surface area contributed by atoms with Crippen molar-refractivity contribution in [2.24, 2.45) is 0 Å². The van der Waals surface area contributed by atoms with Crippen LogP contribution in [0.5, 0.6) is 0 Å². The Labute approximate surface area is 142 Å². The third-order valence-corrected chi connectivity index (χ3v) is 6.69. The van der Waals surface area contributed by atoms with Crippen molar-refractivity contribution in [3.63, 3.8) is 0 Å². The molecule has 0 saturated carbocycles. The van der Waals surface area contributed by atoms with E-state index in [0.717, 1.165) is 0 Å². The molecule has 0 spiro atoms. The summed E-state index contributed by atoms with van der Waals surface area (Å²) < 4.78 is 8.16. The summed E-state index contributed by atoms with van der Waals surface area (Å²) in [4.78, 5) is 0. The Balaban J connectivity index is 1.98. The van der Waals surface area contributed by atoms with Crippen molar-refractivity contribution in [1.29, 1.82) is 0 Å². The number of rotatable bonds is 4. The number of ether oxygens (including phenoxy) is 1. The average molecular weight is 402 g/mol. The molecule has 1 heterocycles. The van der Waals surface area contributed by atoms with E-state index in [1.54, 1.807) is 7.11 Å². The van der Waals surface area contributed by atoms with Crippen LogP contribution in [0.2, 0.25) is 0 Å². The fraction of sp³-hybridized carbons (Fsp3) is 0.100. The second-order valence-electron chi connectivity index (χ2n) is 5.01. The molecule has 2 aromatic rings. The molecule has 2 aromatic carbocycles. The first-order valence-electron chi connectivity index (χ1n) is 7.28. The van der Waals surface area contributed by atoms with E-state index in [1.165, 1.54) is 23.9 Å². The van der Waals surface area contributed by atoms with Crippen molar-refractivity contribution in [3.05, 3.63) is 95.6 Å². The zero-order valence-electron chi connectivity index (χ0n) is 12.5. The van der Waals surface area contributed by atoms with Gasteiger partial charge in [-0.2, -0.15) is 0 Å². The van der Waals surface area contributed by atoms with Gasteiger partial charge in [-0.15, -0.1) is 0 Å². The van der Waals surface area contributed by atoms with Crippen molar-refractivity contribution < 1.29 is 4.74 Å². The number of hydrogen-bond donors (Lipinski definition) is 0. The Morgan fingerprint density at radius 2 is 1.32 bits per heavy atom. The van der Waals surface area contributed by atoms with Crippen molar-refractivity contribution in [2.45, 2.75) is 0 Å². The second kappa shape index (κ2) is 7.61. The number of methoxy groups -OCH3 is 1. The third kappa shape index (κ3) is 3.78. The van der Waals surface area contributed by atoms with E-state index in [1.807, 2.05) is 0 Å². The molecule has 2 heteroatoms. The van der Waals surface area contributed by atoms with E-state index in [0.29, 0.717) is 6.61 Å². The molecule has 0 N–H and O–H groups in total. The van der Waals surface area contributed by atoms with Crippen LogP contribution in [0.1, 0.15) is 11.1 Å². The van der Waals surface area contributed by atoms with Crippen LogP contribution in [-0.4, -0.2) is 34.6 Å². The molecule has 0 aliphatic carbocycles. The van der Waals surface area contributed by atoms with Gasteiger partial charge < -0.3 is 0 Å². The van der Waals surface area contributed by atoms with Gasteiger partial charge in [-0.3, -0.25) is 0 Å². The van der Waals surface area contributed by atoms with E-state index in [2.05, 4.69) is 78.9 Å². The summed E-state index contributed by atoms with van der Waals surface area (Å²) in [5.74, 6) is 0. The van der Waals surface area contributed by atoms with Gasteiger partial charge in [-0.05, 0) is 0 Å². The standard InChI is InChI=1S/C20H18OTe/c1-21-13-12-16-14-19(17-8-4-2-5-9-17)22-20(15-16)18-10-6-3-7-11-18/h2-12,14-15H,13H2,1H3. The molecule has 0 radical (unpaired) electrons. The Hall–Kier alpha value is -1.59. The van der Waals surface area contributed by atoms with Gasteiger partial charge in [0, 0.05) is 0 Å². The normalized spacial score (nSPS) is 14.3. The predicted molar refractivity (Wildman–Crippen MR) is 94.6 cm³/mol. The van der Waals surface area contributed by atoms with Crippen LogP contribution in [0.4, 0.5) is 0 Å². The molecule has 0 fully saturated rings. The Morgan fingerprint density at radius 3 is 1.77 bits per heavy atom. The van der Waals surface area contributed by atoms with Gasteiger partial charge in [0.2, 0.25) is 0 Å². The topological polar surface area (TPSA) is 9.23 Å². The maximum atomic E-state index is 5.20. The predicted octanol–water partition coefficient (Wildman–Crippen LogP) is 4.36. The summed E-state index contributed by atoms with van der Waals surface area (Å²) in [5, 5.41) is 0. The van der Waals surface area contributed by atoms with Crippen molar-refractivity contribution in [1.82, 2.24) is 0 Å². The first-order chi connectivity index (χ1) is 10.9. The molecule has 0 bridgehead atoms. The Morgan fingerprint density at radius 1 is 0.818 bits per heavy atom. The fourth-order valence-electron chi connectivity index (χ4n) is 2.31. The molecule has 3 rings (SSSR count). The quantitative estimate of drug-likeness (QED) is 0.691. The third-order valence-electron chi connectivity index (χ3n) is 3.42. The van der Waals surface area contributed by atoms with Gasteiger partial charge >= 0.3 is 142 Å². The van der Waals surface area contributed by atoms with Crippen molar-refractivity contribution in [2.75, 3.05) is 13.7 Å². The molecule has 1 nitrogen and oxygen atoms in total. The van der Waals surface area contributed by atoms with Gasteiger partial charge in [-0.1, -0.05) is 0 Å². The molecule has 110 valence electrons. The first-order valence-corrected chi connectivity index (χ1v) is 9.61. The van der Waals surface area contributed by atoms with Gasteiger partial charge in [0.1, 0.15) is 0 Å². The van der Waals surface area contributed by atoms with Crippen molar-refractivity contribution >= 4 is 28.2 Å². The van der Waals surface area contributed by atoms with Gasteiger partial charge in [0.05, 0.1) is 0 Å². The summed E-state index contributed by atoms with van der Waals surface area (Å²) in [5.41, 5.74) is 3.93. The van der Waals surface area contributed by atoms with E-state index in [9.17, 15) is 0 Å². The molecule has 1 aliphatic rings. The molecule has 0 unspecified atom stereocenters. The summed E-state index contributed by atoms with van der Waals surface area (Å²) >= 11 is -0.383. The van der Waals surface area contributed by atoms with Crippen LogP contribution in [0, 0.1) is 0 Å². The Bertz CT molecular complexity index is 654. The fourth-order valence-corrected chi connectivity index (χ4v) is 5.55. The van der Waals surface area contributed by atoms with Crippen LogP contribution in [0.25, 0.3) is 7.24 Å². The number of benzene rings is 2. The van der Waals surface area contributed by atoms with E-state index in [4.69, 9.17) is 4.74 Å².